The molecule has 0 bridgehead atoms. The Morgan fingerprint density at radius 3 is 1.47 bits per heavy atom. The molecule has 0 aliphatic carbocycles. The van der Waals surface area contributed by atoms with Crippen molar-refractivity contribution in [2.24, 2.45) is 40.7 Å². The number of aromatic nitrogens is 1. The zero-order chi connectivity index (χ0) is 83.9. The lowest BCUT2D eigenvalue weighted by atomic mass is 9.96. The molecule has 3 aromatic rings. The van der Waals surface area contributed by atoms with Crippen molar-refractivity contribution in [3.05, 3.63) is 71.9 Å². The van der Waals surface area contributed by atoms with Gasteiger partial charge in [-0.15, -0.1) is 0 Å². The number of rotatable bonds is 53. The first kappa shape index (κ1) is 95.3. The van der Waals surface area contributed by atoms with Gasteiger partial charge in [-0.3, -0.25) is 76.7 Å². The molecule has 0 aliphatic heterocycles. The topological polar surface area (TPSA) is 607 Å². The molecule has 1 heterocycles. The summed E-state index contributed by atoms with van der Waals surface area (Å²) in [4.78, 5) is 231. The number of nitrogens with two attached hydrogens (primary N) is 4. The lowest BCUT2D eigenvalue weighted by Crippen LogP contribution is -2.61. The highest BCUT2D eigenvalue weighted by Crippen LogP contribution is 2.21. The van der Waals surface area contributed by atoms with Crippen LogP contribution in [0.15, 0.2) is 60.8 Å². The third-order valence-electron chi connectivity index (χ3n) is 18.4. The van der Waals surface area contributed by atoms with Crippen LogP contribution in [0.25, 0.3) is 10.9 Å². The molecule has 0 spiro atoms. The van der Waals surface area contributed by atoms with Crippen molar-refractivity contribution in [2.75, 3.05) is 19.6 Å². The molecule has 37 heteroatoms. The van der Waals surface area contributed by atoms with Gasteiger partial charge in [0.1, 0.15) is 72.7 Å². The van der Waals surface area contributed by atoms with E-state index in [0.29, 0.717) is 49.6 Å². The number of unbranched alkanes of at least 4 members (excludes halogenated alkanes) is 2. The molecule has 24 N–H and O–H groups in total. The van der Waals surface area contributed by atoms with Crippen molar-refractivity contribution >= 4 is 112 Å². The van der Waals surface area contributed by atoms with Gasteiger partial charge in [0.2, 0.25) is 82.7 Å². The third-order valence-corrected chi connectivity index (χ3v) is 18.4. The molecule has 0 saturated carbocycles. The fourth-order valence-corrected chi connectivity index (χ4v) is 11.6. The van der Waals surface area contributed by atoms with E-state index in [4.69, 9.17) is 28.0 Å². The number of carbonyl (C=O) groups excluding carboxylic acids is 15. The molecule has 0 radical (unpaired) electrons. The molecular formula is C75H116N18O19. The van der Waals surface area contributed by atoms with Crippen LogP contribution in [0, 0.1) is 17.8 Å². The zero-order valence-corrected chi connectivity index (χ0v) is 65.2. The molecule has 1 aromatic heterocycles. The van der Waals surface area contributed by atoms with E-state index in [2.05, 4.69) is 74.1 Å². The first-order valence-electron chi connectivity index (χ1n) is 37.8. The Kier molecular flexibility index (Phi) is 42.0. The van der Waals surface area contributed by atoms with Gasteiger partial charge in [0, 0.05) is 49.2 Å². The molecule has 3 rings (SSSR count). The quantitative estimate of drug-likeness (QED) is 0.0205. The number of amides is 14. The maximum absolute atomic E-state index is 14.8. The molecule has 0 aliphatic rings. The summed E-state index contributed by atoms with van der Waals surface area (Å²) in [5, 5.41) is 52.7. The summed E-state index contributed by atoms with van der Waals surface area (Å²) in [6.07, 6.45) is 1.55. The molecule has 0 fully saturated rings. The third kappa shape index (κ3) is 34.1. The van der Waals surface area contributed by atoms with Gasteiger partial charge in [0.25, 0.3) is 0 Å². The SMILES string of the molecule is CC[C@H](C)[C@H](NC(=O)[C@H](Cc1ccccc1)NC(=O)[C@H](CCC(=O)O)NC(=O)[C@H](CCCCN)NC(=O)[C@H](C)NC(=O)[C@H](C)NC(=O)[C@H](CCC(N)=O)NC(=O)CNC(=O)[C@@H](N)CCC(=O)O)C(=O)N[C@@H](C)C(=O)N[C@@H](Cc1c[nH]c2ccccc12)C(=O)N[C@@H](CC(C)C)C(=O)N[C@H](C(=O)NC(C=O)CCCCN)C(C)C. The van der Waals surface area contributed by atoms with E-state index in [0.717, 1.165) is 10.9 Å². The lowest BCUT2D eigenvalue weighted by molar-refractivity contribution is -0.139. The minimum absolute atomic E-state index is 0.0897. The lowest BCUT2D eigenvalue weighted by Gasteiger charge is -2.29. The van der Waals surface area contributed by atoms with Crippen LogP contribution in [0.4, 0.5) is 0 Å². The number of primary amides is 1. The molecule has 112 heavy (non-hydrogen) atoms. The predicted octanol–water partition coefficient (Wildman–Crippen LogP) is -2.53. The van der Waals surface area contributed by atoms with Crippen LogP contribution >= 0.6 is 0 Å². The molecule has 14 amide bonds. The summed E-state index contributed by atoms with van der Waals surface area (Å²) in [5.41, 5.74) is 24.2. The number of aldehydes is 1. The minimum Gasteiger partial charge on any atom is -0.481 e. The summed E-state index contributed by atoms with van der Waals surface area (Å²) in [7, 11) is 0. The number of aliphatic carboxylic acids is 2. The van der Waals surface area contributed by atoms with E-state index < -0.39 is 217 Å². The number of hydrogen-bond donors (Lipinski definition) is 20. The Morgan fingerprint density at radius 2 is 0.902 bits per heavy atom. The van der Waals surface area contributed by atoms with Gasteiger partial charge in [-0.05, 0) is 133 Å². The molecule has 0 saturated heterocycles. The number of carboxylic acid groups (broad SMARTS) is 2. The van der Waals surface area contributed by atoms with Crippen molar-refractivity contribution in [3.63, 3.8) is 0 Å². The number of para-hydroxylation sites is 1. The Hall–Kier alpha value is -11.0. The Morgan fingerprint density at radius 1 is 0.455 bits per heavy atom. The van der Waals surface area contributed by atoms with E-state index in [9.17, 15) is 86.6 Å². The van der Waals surface area contributed by atoms with E-state index >= 15 is 0 Å². The van der Waals surface area contributed by atoms with Crippen LogP contribution in [0.3, 0.4) is 0 Å². The monoisotopic (exact) mass is 1570 g/mol. The second-order valence-electron chi connectivity index (χ2n) is 28.6. The second kappa shape index (κ2) is 49.3. The average molecular weight is 1570 g/mol. The number of aromatic amines is 1. The molecule has 14 atom stereocenters. The second-order valence-corrected chi connectivity index (χ2v) is 28.6. The highest BCUT2D eigenvalue weighted by atomic mass is 16.4. The summed E-state index contributed by atoms with van der Waals surface area (Å²) in [5.74, 6) is -16.3. The molecular weight excluding hydrogens is 1460 g/mol. The van der Waals surface area contributed by atoms with Gasteiger partial charge in [0.05, 0.1) is 18.6 Å². The maximum atomic E-state index is 14.8. The van der Waals surface area contributed by atoms with Crippen molar-refractivity contribution in [1.82, 2.24) is 74.1 Å². The fourth-order valence-electron chi connectivity index (χ4n) is 11.6. The van der Waals surface area contributed by atoms with Gasteiger partial charge < -0.3 is 112 Å². The summed E-state index contributed by atoms with van der Waals surface area (Å²) in [6.45, 7) is 14.1. The van der Waals surface area contributed by atoms with Gasteiger partial charge in [-0.1, -0.05) is 96.5 Å². The van der Waals surface area contributed by atoms with Crippen LogP contribution in [0.2, 0.25) is 0 Å². The highest BCUT2D eigenvalue weighted by molar-refractivity contribution is 6.00. The minimum atomic E-state index is -1.71. The zero-order valence-electron chi connectivity index (χ0n) is 65.2. The fraction of sp³-hybridized carbons (Fsp3) is 0.587. The number of nitrogens with one attached hydrogen (secondary N) is 14. The Labute approximate surface area is 650 Å². The number of fused-ring (bicyclic) bond motifs is 1. The number of hydrogen-bond acceptors (Lipinski definition) is 20. The first-order valence-corrected chi connectivity index (χ1v) is 37.8. The summed E-state index contributed by atoms with van der Waals surface area (Å²) >= 11 is 0. The van der Waals surface area contributed by atoms with Crippen molar-refractivity contribution in [1.29, 1.82) is 0 Å². The van der Waals surface area contributed by atoms with Gasteiger partial charge in [-0.25, -0.2) is 0 Å². The van der Waals surface area contributed by atoms with Crippen LogP contribution in [0.5, 0.6) is 0 Å². The van der Waals surface area contributed by atoms with E-state index in [1.165, 1.54) is 20.8 Å². The first-order chi connectivity index (χ1) is 52.9. The summed E-state index contributed by atoms with van der Waals surface area (Å²) < 4.78 is 0. The molecule has 620 valence electrons. The van der Waals surface area contributed by atoms with E-state index in [1.807, 2.05) is 26.0 Å². The van der Waals surface area contributed by atoms with Crippen molar-refractivity contribution in [3.8, 4) is 0 Å². The number of H-pyrrole nitrogens is 1. The van der Waals surface area contributed by atoms with Crippen LogP contribution in [0.1, 0.15) is 163 Å². The van der Waals surface area contributed by atoms with Gasteiger partial charge >= 0.3 is 11.9 Å². The number of carbonyl (C=O) groups is 17. The number of carboxylic acids is 2. The predicted molar refractivity (Wildman–Crippen MR) is 411 cm³/mol. The van der Waals surface area contributed by atoms with E-state index in [-0.39, 0.29) is 63.8 Å². The molecule has 2 aromatic carbocycles. The van der Waals surface area contributed by atoms with Crippen LogP contribution in [-0.4, -0.2) is 214 Å². The Bertz CT molecular complexity index is 3690. The standard InChI is InChI=1S/C75H116N18O19/c1-10-42(6)63(75(112)84-45(9)66(103)89-57(36-47-37-80-51-24-15-14-23-49(47)51)71(108)90-55(34-40(2)3)72(109)92-62(41(4)5)74(111)85-48(39-94)22-16-18-32-76)93-73(110)56(35-46-20-12-11-13-21-46)91-70(107)54(28-31-61(99)100)88-69(106)52(25-17-19-33-77)87-65(102)44(8)82-64(101)43(7)83-68(105)53(27-29-58(79)95)86-59(96)38-81-67(104)50(78)26-30-60(97)98/h11-15,20-21,23-24,37,39-45,48,50,52-57,62-63,80H,10,16-19,22,25-36,38,76-78H2,1-9H3,(H2,79,95)(H,81,104)(H,82,101)(H,83,105)(H,84,112)(H,85,111)(H,86,96)(H,87,102)(H,88,106)(H,89,103)(H,90,108)(H,91,107)(H,92,109)(H,93,110)(H,97,98)(H,99,100)/t42-,43-,44-,45-,48?,50-,52-,53-,54-,55-,56-,57-,62-,63-/m0/s1. The maximum Gasteiger partial charge on any atom is 0.303 e. The number of benzene rings is 2. The van der Waals surface area contributed by atoms with E-state index in [1.54, 1.807) is 76.4 Å². The van der Waals surface area contributed by atoms with Crippen molar-refractivity contribution < 1.29 is 91.7 Å². The van der Waals surface area contributed by atoms with Gasteiger partial charge in [-0.2, -0.15) is 0 Å². The summed E-state index contributed by atoms with van der Waals surface area (Å²) in [6, 6.07) is -2.32. The average Bonchev–Trinajstić information content (AvgIpc) is 1.62. The highest BCUT2D eigenvalue weighted by Gasteiger charge is 2.38. The smallest absolute Gasteiger partial charge is 0.303 e. The Balaban J connectivity index is 1.89. The van der Waals surface area contributed by atoms with Crippen LogP contribution < -0.4 is 92.1 Å². The largest absolute Gasteiger partial charge is 0.481 e. The molecule has 37 nitrogen and oxygen atoms in total. The van der Waals surface area contributed by atoms with Crippen molar-refractivity contribution in [2.45, 2.75) is 244 Å². The van der Waals surface area contributed by atoms with Gasteiger partial charge in [0.15, 0.2) is 0 Å². The van der Waals surface area contributed by atoms with Crippen LogP contribution in [-0.2, 0) is 94.3 Å². The normalized spacial score (nSPS) is 14.9. The molecule has 1 unspecified atom stereocenters.